The summed E-state index contributed by atoms with van der Waals surface area (Å²) in [5.74, 6) is 0.338. The smallest absolute Gasteiger partial charge is 0.334 e. The summed E-state index contributed by atoms with van der Waals surface area (Å²) in [6.45, 7) is 3.24. The van der Waals surface area contributed by atoms with Crippen molar-refractivity contribution in [2.75, 3.05) is 16.0 Å². The summed E-state index contributed by atoms with van der Waals surface area (Å²) in [7, 11) is 0. The molecule has 142 valence electrons. The number of pyridine rings is 1. The van der Waals surface area contributed by atoms with Gasteiger partial charge in [-0.05, 0) is 42.8 Å². The lowest BCUT2D eigenvalue weighted by Crippen LogP contribution is -2.07. The quantitative estimate of drug-likeness (QED) is 0.437. The fourth-order valence-corrected chi connectivity index (χ4v) is 2.44. The number of amides is 1. The Morgan fingerprint density at radius 3 is 2.21 bits per heavy atom. The van der Waals surface area contributed by atoms with E-state index in [0.717, 1.165) is 5.56 Å². The van der Waals surface area contributed by atoms with Crippen molar-refractivity contribution in [3.8, 4) is 0 Å². The van der Waals surface area contributed by atoms with E-state index in [1.54, 1.807) is 36.5 Å². The summed E-state index contributed by atoms with van der Waals surface area (Å²) in [6, 6.07) is 10.3. The minimum atomic E-state index is -0.561. The number of hydrogen-bond acceptors (Lipinski definition) is 8. The Morgan fingerprint density at radius 1 is 0.964 bits per heavy atom. The maximum atomic E-state index is 11.7. The van der Waals surface area contributed by atoms with Crippen LogP contribution < -0.4 is 16.0 Å². The fourth-order valence-electron chi connectivity index (χ4n) is 2.44. The van der Waals surface area contributed by atoms with E-state index in [2.05, 4.69) is 30.9 Å². The Morgan fingerprint density at radius 2 is 1.61 bits per heavy atom. The molecule has 1 aromatic carbocycles. The van der Waals surface area contributed by atoms with Gasteiger partial charge in [-0.25, -0.2) is 15.0 Å². The van der Waals surface area contributed by atoms with Gasteiger partial charge in [0.1, 0.15) is 12.1 Å². The Bertz CT molecular complexity index is 1020. The van der Waals surface area contributed by atoms with Crippen molar-refractivity contribution in [3.05, 3.63) is 64.6 Å². The molecule has 10 nitrogen and oxygen atoms in total. The molecule has 0 aliphatic heterocycles. The number of hydrogen-bond donors (Lipinski definition) is 3. The van der Waals surface area contributed by atoms with Crippen LogP contribution in [0.3, 0.4) is 0 Å². The highest BCUT2D eigenvalue weighted by atomic mass is 16.6. The van der Waals surface area contributed by atoms with Gasteiger partial charge in [0.05, 0.1) is 4.92 Å². The average molecular weight is 379 g/mol. The van der Waals surface area contributed by atoms with Gasteiger partial charge >= 0.3 is 5.69 Å². The van der Waals surface area contributed by atoms with Crippen molar-refractivity contribution in [2.45, 2.75) is 13.8 Å². The summed E-state index contributed by atoms with van der Waals surface area (Å²) < 4.78 is 0. The largest absolute Gasteiger partial charge is 0.353 e. The standard InChI is InChI=1S/C18H17N7O3/c1-11-4-3-9-19-16(11)24-18-15(25(27)28)17(20-10-21-18)23-14-7-5-13(6-8-14)22-12(2)26/h3-10H,1-2H3,(H,22,26)(H2,19,20,21,23,24). The molecular weight excluding hydrogens is 362 g/mol. The van der Waals surface area contributed by atoms with E-state index in [1.807, 2.05) is 13.0 Å². The van der Waals surface area contributed by atoms with Crippen LogP contribution in [0.4, 0.5) is 34.5 Å². The number of benzene rings is 1. The summed E-state index contributed by atoms with van der Waals surface area (Å²) in [6.07, 6.45) is 2.81. The highest BCUT2D eigenvalue weighted by Crippen LogP contribution is 2.33. The average Bonchev–Trinajstić information content (AvgIpc) is 2.65. The normalized spacial score (nSPS) is 10.2. The van der Waals surface area contributed by atoms with Crippen molar-refractivity contribution in [2.24, 2.45) is 0 Å². The van der Waals surface area contributed by atoms with Gasteiger partial charge in [-0.2, -0.15) is 0 Å². The molecule has 0 bridgehead atoms. The number of carbonyl (C=O) groups excluding carboxylic acids is 1. The molecule has 3 N–H and O–H groups in total. The molecular formula is C18H17N7O3. The van der Waals surface area contributed by atoms with E-state index in [0.29, 0.717) is 17.2 Å². The van der Waals surface area contributed by atoms with Crippen molar-refractivity contribution in [1.82, 2.24) is 15.0 Å². The Balaban J connectivity index is 1.90. The van der Waals surface area contributed by atoms with E-state index in [1.165, 1.54) is 13.3 Å². The minimum Gasteiger partial charge on any atom is -0.334 e. The molecule has 0 saturated carbocycles. The monoisotopic (exact) mass is 379 g/mol. The summed E-state index contributed by atoms with van der Waals surface area (Å²) >= 11 is 0. The van der Waals surface area contributed by atoms with Crippen molar-refractivity contribution in [1.29, 1.82) is 0 Å². The van der Waals surface area contributed by atoms with Crippen molar-refractivity contribution >= 4 is 40.4 Å². The third-order valence-electron chi connectivity index (χ3n) is 3.72. The lowest BCUT2D eigenvalue weighted by atomic mass is 10.2. The number of carbonyl (C=O) groups is 1. The molecule has 1 amide bonds. The number of nitrogens with one attached hydrogen (secondary N) is 3. The molecule has 3 aromatic rings. The molecule has 10 heteroatoms. The SMILES string of the molecule is CC(=O)Nc1ccc(Nc2ncnc(Nc3ncccc3C)c2[N+](=O)[O-])cc1. The molecule has 0 spiro atoms. The van der Waals surface area contributed by atoms with E-state index < -0.39 is 4.92 Å². The first kappa shape index (κ1) is 18.7. The van der Waals surface area contributed by atoms with Gasteiger partial charge in [0, 0.05) is 24.5 Å². The molecule has 2 heterocycles. The van der Waals surface area contributed by atoms with Gasteiger partial charge in [-0.15, -0.1) is 0 Å². The molecule has 2 aromatic heterocycles. The first-order valence-electron chi connectivity index (χ1n) is 8.27. The van der Waals surface area contributed by atoms with Crippen LogP contribution in [0, 0.1) is 17.0 Å². The third kappa shape index (κ3) is 4.36. The van der Waals surface area contributed by atoms with Gasteiger partial charge < -0.3 is 16.0 Å². The van der Waals surface area contributed by atoms with Gasteiger partial charge in [-0.1, -0.05) is 6.07 Å². The third-order valence-corrected chi connectivity index (χ3v) is 3.72. The van der Waals surface area contributed by atoms with Gasteiger partial charge in [-0.3, -0.25) is 14.9 Å². The van der Waals surface area contributed by atoms with E-state index in [4.69, 9.17) is 0 Å². The zero-order chi connectivity index (χ0) is 20.1. The van der Waals surface area contributed by atoms with E-state index in [-0.39, 0.29) is 23.2 Å². The molecule has 3 rings (SSSR count). The molecule has 0 fully saturated rings. The molecule has 28 heavy (non-hydrogen) atoms. The van der Waals surface area contributed by atoms with Crippen LogP contribution in [0.5, 0.6) is 0 Å². The van der Waals surface area contributed by atoms with Crippen LogP contribution in [-0.2, 0) is 4.79 Å². The van der Waals surface area contributed by atoms with Gasteiger partial charge in [0.25, 0.3) is 0 Å². The molecule has 0 atom stereocenters. The number of aryl methyl sites for hydroxylation is 1. The van der Waals surface area contributed by atoms with Crippen LogP contribution in [0.15, 0.2) is 48.9 Å². The number of anilines is 5. The number of aromatic nitrogens is 3. The van der Waals surface area contributed by atoms with E-state index in [9.17, 15) is 14.9 Å². The summed E-state index contributed by atoms with van der Waals surface area (Å²) in [5, 5.41) is 20.1. The lowest BCUT2D eigenvalue weighted by molar-refractivity contribution is -0.383. The van der Waals surface area contributed by atoms with Crippen LogP contribution >= 0.6 is 0 Å². The fraction of sp³-hybridized carbons (Fsp3) is 0.111. The van der Waals surface area contributed by atoms with Gasteiger partial charge in [0.15, 0.2) is 0 Å². The maximum absolute atomic E-state index is 11.7. The summed E-state index contributed by atoms with van der Waals surface area (Å²) in [4.78, 5) is 34.4. The van der Waals surface area contributed by atoms with Gasteiger partial charge in [0.2, 0.25) is 17.5 Å². The predicted octanol–water partition coefficient (Wildman–Crippen LogP) is 3.53. The summed E-state index contributed by atoms with van der Waals surface area (Å²) in [5.41, 5.74) is 1.69. The highest BCUT2D eigenvalue weighted by Gasteiger charge is 2.24. The second-order valence-electron chi connectivity index (χ2n) is 5.85. The zero-order valence-electron chi connectivity index (χ0n) is 15.1. The van der Waals surface area contributed by atoms with Crippen LogP contribution in [-0.4, -0.2) is 25.8 Å². The molecule has 0 aliphatic carbocycles. The Labute approximate surface area is 160 Å². The lowest BCUT2D eigenvalue weighted by Gasteiger charge is -2.11. The molecule has 0 unspecified atom stereocenters. The number of rotatable bonds is 6. The Hall–Kier alpha value is -4.08. The molecule has 0 aliphatic rings. The van der Waals surface area contributed by atoms with Crippen molar-refractivity contribution < 1.29 is 9.72 Å². The first-order chi connectivity index (χ1) is 13.4. The Kier molecular flexibility index (Phi) is 5.40. The molecule has 0 radical (unpaired) electrons. The first-order valence-corrected chi connectivity index (χ1v) is 8.27. The highest BCUT2D eigenvalue weighted by molar-refractivity contribution is 5.89. The van der Waals surface area contributed by atoms with Crippen LogP contribution in [0.25, 0.3) is 0 Å². The predicted molar refractivity (Wildman–Crippen MR) is 105 cm³/mol. The second kappa shape index (κ2) is 8.08. The van der Waals surface area contributed by atoms with Crippen molar-refractivity contribution in [3.63, 3.8) is 0 Å². The number of nitrogens with zero attached hydrogens (tertiary/aromatic N) is 4. The minimum absolute atomic E-state index is 0.0270. The van der Waals surface area contributed by atoms with Crippen LogP contribution in [0.2, 0.25) is 0 Å². The van der Waals surface area contributed by atoms with Crippen LogP contribution in [0.1, 0.15) is 12.5 Å². The van der Waals surface area contributed by atoms with E-state index >= 15 is 0 Å². The zero-order valence-corrected chi connectivity index (χ0v) is 15.1. The topological polar surface area (TPSA) is 135 Å². The molecule has 0 saturated heterocycles. The maximum Gasteiger partial charge on any atom is 0.353 e. The number of nitro groups is 1. The second-order valence-corrected chi connectivity index (χ2v) is 5.85.